The molecule has 1 aliphatic rings. The zero-order valence-corrected chi connectivity index (χ0v) is 21.0. The van der Waals surface area contributed by atoms with Crippen LogP contribution in [0.15, 0.2) is 48.6 Å². The summed E-state index contributed by atoms with van der Waals surface area (Å²) in [5, 5.41) is 14.3. The number of rotatable bonds is 8. The molecule has 1 saturated heterocycles. The summed E-state index contributed by atoms with van der Waals surface area (Å²) in [5.74, 6) is -2.77. The molecule has 3 aromatic rings. The topological polar surface area (TPSA) is 122 Å². The summed E-state index contributed by atoms with van der Waals surface area (Å²) in [6.07, 6.45) is 6.02. The number of benzene rings is 1. The number of hydrogen-bond donors (Lipinski definition) is 2. The second kappa shape index (κ2) is 10.4. The summed E-state index contributed by atoms with van der Waals surface area (Å²) in [5.41, 5.74) is 1.53. The van der Waals surface area contributed by atoms with Crippen LogP contribution in [-0.2, 0) is 20.9 Å². The molecule has 2 N–H and O–H groups in total. The van der Waals surface area contributed by atoms with Crippen LogP contribution in [0.2, 0.25) is 5.02 Å². The number of carbonyl (C=O) groups excluding carboxylic acids is 3. The number of carbonyl (C=O) groups is 3. The number of halogens is 1. The Morgan fingerprint density at radius 1 is 1.28 bits per heavy atom. The lowest BCUT2D eigenvalue weighted by molar-refractivity contribution is -0.695. The molecule has 0 bridgehead atoms. The number of nitrogens with one attached hydrogen (secondary N) is 2. The molecule has 0 saturated carbocycles. The zero-order valence-electron chi connectivity index (χ0n) is 20.3. The number of aryl methyl sites for hydroxylation is 2. The highest BCUT2D eigenvalue weighted by atomic mass is 35.5. The van der Waals surface area contributed by atoms with E-state index < -0.39 is 29.5 Å². The molecule has 0 radical (unpaired) electrons. The van der Waals surface area contributed by atoms with Crippen molar-refractivity contribution in [2.75, 3.05) is 13.2 Å². The molecular weight excluding hydrogens is 484 g/mol. The van der Waals surface area contributed by atoms with Crippen LogP contribution in [0.3, 0.4) is 0 Å². The second-order valence-electron chi connectivity index (χ2n) is 8.58. The van der Waals surface area contributed by atoms with E-state index in [0.717, 1.165) is 0 Å². The second-order valence-corrected chi connectivity index (χ2v) is 9.01. The Morgan fingerprint density at radius 2 is 2.06 bits per heavy atom. The molecule has 1 unspecified atom stereocenters. The summed E-state index contributed by atoms with van der Waals surface area (Å²) in [4.78, 5) is 46.1. The number of aromatic nitrogens is 3. The number of H-pyrrole nitrogens is 2. The maximum Gasteiger partial charge on any atom is 0.355 e. The molecule has 0 aliphatic carbocycles. The van der Waals surface area contributed by atoms with E-state index >= 15 is 0 Å². The highest BCUT2D eigenvalue weighted by molar-refractivity contribution is 6.46. The highest BCUT2D eigenvalue weighted by Gasteiger charge is 2.44. The number of nitrogens with zero attached hydrogens (tertiary/aromatic N) is 2. The number of esters is 1. The summed E-state index contributed by atoms with van der Waals surface area (Å²) in [6.45, 7) is 6.00. The molecule has 0 spiro atoms. The number of aromatic amines is 2. The first kappa shape index (κ1) is 25.2. The highest BCUT2D eigenvalue weighted by Crippen LogP contribution is 2.40. The van der Waals surface area contributed by atoms with E-state index in [1.807, 2.05) is 10.8 Å². The number of Topliss-reactive ketones (excluding diaryl/α,β-unsaturated/α-hetero) is 1. The van der Waals surface area contributed by atoms with Crippen molar-refractivity contribution in [3.05, 3.63) is 81.7 Å². The predicted octanol–water partition coefficient (Wildman–Crippen LogP) is 2.39. The van der Waals surface area contributed by atoms with Crippen LogP contribution in [0.1, 0.15) is 52.3 Å². The summed E-state index contributed by atoms with van der Waals surface area (Å²) in [6, 6.07) is 5.90. The first-order valence-electron chi connectivity index (χ1n) is 11.6. The Labute approximate surface area is 213 Å². The van der Waals surface area contributed by atoms with Gasteiger partial charge in [0.15, 0.2) is 0 Å². The van der Waals surface area contributed by atoms with Gasteiger partial charge in [0.2, 0.25) is 12.1 Å². The number of ketones is 1. The van der Waals surface area contributed by atoms with E-state index in [0.29, 0.717) is 34.8 Å². The Morgan fingerprint density at radius 3 is 2.72 bits per heavy atom. The van der Waals surface area contributed by atoms with Gasteiger partial charge in [0.25, 0.3) is 5.91 Å². The molecule has 9 nitrogen and oxygen atoms in total. The summed E-state index contributed by atoms with van der Waals surface area (Å²) in [7, 11) is 0. The van der Waals surface area contributed by atoms with Gasteiger partial charge in [-0.25, -0.2) is 9.36 Å². The third-order valence-electron chi connectivity index (χ3n) is 6.26. The van der Waals surface area contributed by atoms with Gasteiger partial charge in [-0.3, -0.25) is 14.6 Å². The third kappa shape index (κ3) is 4.66. The van der Waals surface area contributed by atoms with Crippen molar-refractivity contribution in [2.45, 2.75) is 39.8 Å². The van der Waals surface area contributed by atoms with Crippen molar-refractivity contribution in [1.29, 1.82) is 0 Å². The van der Waals surface area contributed by atoms with Gasteiger partial charge in [0.1, 0.15) is 18.1 Å². The van der Waals surface area contributed by atoms with Gasteiger partial charge in [-0.15, -0.1) is 0 Å². The van der Waals surface area contributed by atoms with E-state index in [2.05, 4.69) is 9.97 Å². The van der Waals surface area contributed by atoms with Gasteiger partial charge in [-0.05, 0) is 49.6 Å². The summed E-state index contributed by atoms with van der Waals surface area (Å²) < 4.78 is 7.01. The van der Waals surface area contributed by atoms with E-state index in [1.165, 1.54) is 4.90 Å². The van der Waals surface area contributed by atoms with Crippen LogP contribution in [0.25, 0.3) is 5.76 Å². The fraction of sp³-hybridized carbons (Fsp3) is 0.308. The first-order chi connectivity index (χ1) is 17.2. The standard InChI is InChI=1S/C26H27ClN4O5/c1-4-36-26(35)21-15(2)19(16(3)29-21)23(32)20-22(17-7-5-8-18(27)13-17)31(25(34)24(20)33)11-6-10-30-12-9-28-14-30/h5,7-9,12-14,22H,4,6,10-11H2,1-3H3,(H2,29,32,33,35). The first-order valence-corrected chi connectivity index (χ1v) is 12.0. The molecule has 4 rings (SSSR count). The zero-order chi connectivity index (χ0) is 26.0. The van der Waals surface area contributed by atoms with Crippen molar-refractivity contribution in [1.82, 2.24) is 14.9 Å². The molecule has 1 aromatic carbocycles. The minimum Gasteiger partial charge on any atom is -0.872 e. The molecule has 1 atom stereocenters. The lowest BCUT2D eigenvalue weighted by Gasteiger charge is -2.27. The van der Waals surface area contributed by atoms with Gasteiger partial charge in [-0.1, -0.05) is 29.5 Å². The Balaban J connectivity index is 1.79. The van der Waals surface area contributed by atoms with E-state index in [1.54, 1.807) is 57.6 Å². The van der Waals surface area contributed by atoms with Crippen LogP contribution in [0.4, 0.5) is 0 Å². The fourth-order valence-electron chi connectivity index (χ4n) is 4.64. The minimum atomic E-state index is -0.896. The lowest BCUT2D eigenvalue weighted by atomic mass is 9.94. The number of likely N-dealkylation sites (tertiary alicyclic amines) is 1. The van der Waals surface area contributed by atoms with Crippen molar-refractivity contribution < 1.29 is 28.8 Å². The number of amides is 1. The normalized spacial score (nSPS) is 17.1. The van der Waals surface area contributed by atoms with E-state index in [4.69, 9.17) is 16.3 Å². The van der Waals surface area contributed by atoms with Crippen LogP contribution in [-0.4, -0.2) is 45.7 Å². The van der Waals surface area contributed by atoms with Gasteiger partial charge in [0, 0.05) is 29.3 Å². The molecule has 1 fully saturated rings. The molecule has 10 heteroatoms. The lowest BCUT2D eigenvalue weighted by Crippen LogP contribution is -2.36. The molecular formula is C26H27ClN4O5. The fourth-order valence-corrected chi connectivity index (χ4v) is 4.84. The van der Waals surface area contributed by atoms with Crippen molar-refractivity contribution in [3.63, 3.8) is 0 Å². The Kier molecular flexibility index (Phi) is 7.30. The van der Waals surface area contributed by atoms with Gasteiger partial charge in [-0.2, -0.15) is 0 Å². The van der Waals surface area contributed by atoms with Crippen molar-refractivity contribution in [3.8, 4) is 0 Å². The molecule has 36 heavy (non-hydrogen) atoms. The average molecular weight is 511 g/mol. The van der Waals surface area contributed by atoms with E-state index in [-0.39, 0.29) is 30.0 Å². The monoisotopic (exact) mass is 510 g/mol. The van der Waals surface area contributed by atoms with Crippen LogP contribution in [0, 0.1) is 13.8 Å². The van der Waals surface area contributed by atoms with Crippen molar-refractivity contribution in [2.24, 2.45) is 0 Å². The average Bonchev–Trinajstić information content (AvgIpc) is 3.52. The quantitative estimate of drug-likeness (QED) is 0.158. The SMILES string of the molecule is CCOC(=O)c1[nH]c(C)c(C([O-])=C2C(=O)C(=O)N(CCC[n+]3cc[nH]c3)C2c2cccc(Cl)c2)c1C. The van der Waals surface area contributed by atoms with Gasteiger partial charge in [0.05, 0.1) is 19.2 Å². The maximum atomic E-state index is 13.9. The number of ether oxygens (including phenoxy) is 1. The van der Waals surface area contributed by atoms with E-state index in [9.17, 15) is 19.5 Å². The molecule has 188 valence electrons. The smallest absolute Gasteiger partial charge is 0.355 e. The Hall–Kier alpha value is -3.85. The third-order valence-corrected chi connectivity index (χ3v) is 6.49. The largest absolute Gasteiger partial charge is 0.872 e. The van der Waals surface area contributed by atoms with Crippen LogP contribution in [0.5, 0.6) is 0 Å². The molecule has 1 amide bonds. The van der Waals surface area contributed by atoms with Crippen LogP contribution >= 0.6 is 11.6 Å². The summed E-state index contributed by atoms with van der Waals surface area (Å²) >= 11 is 6.23. The van der Waals surface area contributed by atoms with Gasteiger partial charge >= 0.3 is 5.97 Å². The van der Waals surface area contributed by atoms with Gasteiger partial charge < -0.3 is 19.7 Å². The van der Waals surface area contributed by atoms with Crippen molar-refractivity contribution >= 4 is 35.0 Å². The van der Waals surface area contributed by atoms with Crippen LogP contribution < -0.4 is 9.67 Å². The predicted molar refractivity (Wildman–Crippen MR) is 130 cm³/mol. The Bertz CT molecular complexity index is 1340. The number of imidazole rings is 1. The molecule has 3 heterocycles. The molecule has 2 aromatic heterocycles. The molecule has 1 aliphatic heterocycles. The number of hydrogen-bond acceptors (Lipinski definition) is 5. The minimum absolute atomic E-state index is 0.148. The maximum absolute atomic E-state index is 13.9.